The fourth-order valence-electron chi connectivity index (χ4n) is 2.99. The highest BCUT2D eigenvalue weighted by Gasteiger charge is 2.08. The van der Waals surface area contributed by atoms with Crippen molar-refractivity contribution in [3.05, 3.63) is 88.5 Å². The van der Waals surface area contributed by atoms with Crippen LogP contribution in [0.25, 0.3) is 10.9 Å². The van der Waals surface area contributed by atoms with Gasteiger partial charge in [-0.3, -0.25) is 9.69 Å². The molecule has 0 aliphatic heterocycles. The Bertz CT molecular complexity index is 997. The fourth-order valence-corrected chi connectivity index (χ4v) is 2.99. The molecule has 0 fully saturated rings. The predicted molar refractivity (Wildman–Crippen MR) is 107 cm³/mol. The fraction of sp³-hybridized carbons (Fsp3) is 0.227. The molecule has 4 nitrogen and oxygen atoms in total. The number of aromatic amines is 1. The van der Waals surface area contributed by atoms with E-state index in [1.54, 1.807) is 6.07 Å². The zero-order valence-corrected chi connectivity index (χ0v) is 15.4. The Balaban J connectivity index is 1.61. The van der Waals surface area contributed by atoms with Crippen molar-refractivity contribution in [3.8, 4) is 5.75 Å². The van der Waals surface area contributed by atoms with E-state index in [-0.39, 0.29) is 11.4 Å². The van der Waals surface area contributed by atoms with Gasteiger partial charge in [0.2, 0.25) is 0 Å². The Kier molecular flexibility index (Phi) is 6.04. The van der Waals surface area contributed by atoms with Crippen molar-refractivity contribution < 1.29 is 9.13 Å². The largest absolute Gasteiger partial charge is 0.492 e. The number of hydrogen-bond acceptors (Lipinski definition) is 3. The van der Waals surface area contributed by atoms with Crippen molar-refractivity contribution >= 4 is 10.9 Å². The second-order valence-electron chi connectivity index (χ2n) is 6.54. The summed E-state index contributed by atoms with van der Waals surface area (Å²) >= 11 is 0. The molecule has 0 unspecified atom stereocenters. The zero-order valence-electron chi connectivity index (χ0n) is 15.4. The molecule has 140 valence electrons. The molecular formula is C22H23FN2O2. The Morgan fingerprint density at radius 3 is 2.81 bits per heavy atom. The monoisotopic (exact) mass is 366 g/mol. The molecule has 0 amide bonds. The molecule has 3 aromatic rings. The van der Waals surface area contributed by atoms with Crippen molar-refractivity contribution in [1.82, 2.24) is 9.88 Å². The van der Waals surface area contributed by atoms with E-state index in [2.05, 4.69) is 11.6 Å². The summed E-state index contributed by atoms with van der Waals surface area (Å²) in [5, 5.41) is 0.814. The number of ether oxygens (including phenoxy) is 1. The quantitative estimate of drug-likeness (QED) is 0.615. The van der Waals surface area contributed by atoms with E-state index in [4.69, 9.17) is 4.74 Å². The Morgan fingerprint density at radius 1 is 1.19 bits per heavy atom. The van der Waals surface area contributed by atoms with Gasteiger partial charge in [-0.1, -0.05) is 24.3 Å². The summed E-state index contributed by atoms with van der Waals surface area (Å²) in [7, 11) is 1.94. The van der Waals surface area contributed by atoms with Gasteiger partial charge in [-0.25, -0.2) is 4.39 Å². The first-order chi connectivity index (χ1) is 13.1. The summed E-state index contributed by atoms with van der Waals surface area (Å²) in [6.07, 6.45) is 2.62. The van der Waals surface area contributed by atoms with Gasteiger partial charge in [0, 0.05) is 18.7 Å². The average Bonchev–Trinajstić information content (AvgIpc) is 2.64. The lowest BCUT2D eigenvalue weighted by Crippen LogP contribution is -2.27. The van der Waals surface area contributed by atoms with Crippen LogP contribution in [0.4, 0.5) is 4.39 Å². The van der Waals surface area contributed by atoms with E-state index in [0.29, 0.717) is 30.8 Å². The number of aromatic nitrogens is 1. The van der Waals surface area contributed by atoms with Gasteiger partial charge in [0.15, 0.2) is 0 Å². The van der Waals surface area contributed by atoms with Crippen LogP contribution in [0.5, 0.6) is 5.75 Å². The van der Waals surface area contributed by atoms with E-state index in [0.717, 1.165) is 23.1 Å². The third-order valence-electron chi connectivity index (χ3n) is 4.39. The van der Waals surface area contributed by atoms with Crippen LogP contribution >= 0.6 is 0 Å². The molecule has 2 aromatic carbocycles. The number of hydrogen-bond donors (Lipinski definition) is 1. The van der Waals surface area contributed by atoms with Crippen LogP contribution in [0.2, 0.25) is 0 Å². The number of benzene rings is 2. The molecule has 0 saturated carbocycles. The van der Waals surface area contributed by atoms with Gasteiger partial charge in [-0.2, -0.15) is 0 Å². The molecule has 0 aliphatic carbocycles. The van der Waals surface area contributed by atoms with E-state index >= 15 is 0 Å². The second-order valence-corrected chi connectivity index (χ2v) is 6.54. The number of fused-ring (bicyclic) bond motifs is 1. The van der Waals surface area contributed by atoms with E-state index in [1.165, 1.54) is 12.1 Å². The van der Waals surface area contributed by atoms with Crippen molar-refractivity contribution in [2.45, 2.75) is 13.0 Å². The van der Waals surface area contributed by atoms with Crippen LogP contribution < -0.4 is 10.3 Å². The molecule has 3 rings (SSSR count). The van der Waals surface area contributed by atoms with Gasteiger partial charge in [-0.15, -0.1) is 6.58 Å². The molecule has 1 N–H and O–H groups in total. The number of nitrogens with one attached hydrogen (secondary N) is 1. The smallest absolute Gasteiger partial charge is 0.252 e. The van der Waals surface area contributed by atoms with E-state index in [9.17, 15) is 9.18 Å². The minimum Gasteiger partial charge on any atom is -0.492 e. The highest BCUT2D eigenvalue weighted by atomic mass is 19.1. The molecule has 0 radical (unpaired) electrons. The number of H-pyrrole nitrogens is 1. The molecule has 0 atom stereocenters. The van der Waals surface area contributed by atoms with Crippen LogP contribution in [0, 0.1) is 5.82 Å². The molecule has 0 aliphatic rings. The first-order valence-electron chi connectivity index (χ1n) is 8.88. The Morgan fingerprint density at radius 2 is 2.00 bits per heavy atom. The Labute approximate surface area is 157 Å². The maximum atomic E-state index is 13.3. The van der Waals surface area contributed by atoms with Crippen LogP contribution in [0.3, 0.4) is 0 Å². The van der Waals surface area contributed by atoms with Gasteiger partial charge in [0.05, 0.1) is 5.52 Å². The lowest BCUT2D eigenvalue weighted by molar-refractivity contribution is 0.231. The normalized spacial score (nSPS) is 11.1. The Hall–Kier alpha value is -2.92. The maximum Gasteiger partial charge on any atom is 0.252 e. The summed E-state index contributed by atoms with van der Waals surface area (Å²) in [5.74, 6) is 0.494. The highest BCUT2D eigenvalue weighted by Crippen LogP contribution is 2.19. The molecule has 1 aromatic heterocycles. The van der Waals surface area contributed by atoms with Gasteiger partial charge < -0.3 is 9.72 Å². The number of allylic oxidation sites excluding steroid dienone is 1. The van der Waals surface area contributed by atoms with Gasteiger partial charge in [-0.05, 0) is 54.8 Å². The summed E-state index contributed by atoms with van der Waals surface area (Å²) < 4.78 is 19.2. The maximum absolute atomic E-state index is 13.3. The molecular weight excluding hydrogens is 343 g/mol. The second kappa shape index (κ2) is 8.64. The topological polar surface area (TPSA) is 45.3 Å². The number of likely N-dealkylation sites (N-methyl/N-ethyl adjacent to an activating group) is 1. The van der Waals surface area contributed by atoms with Crippen LogP contribution in [-0.4, -0.2) is 30.1 Å². The third-order valence-corrected chi connectivity index (χ3v) is 4.39. The number of para-hydroxylation sites is 1. The van der Waals surface area contributed by atoms with Gasteiger partial charge in [0.1, 0.15) is 18.2 Å². The highest BCUT2D eigenvalue weighted by molar-refractivity contribution is 5.78. The van der Waals surface area contributed by atoms with Crippen molar-refractivity contribution in [1.29, 1.82) is 0 Å². The lowest BCUT2D eigenvalue weighted by Gasteiger charge is -2.18. The van der Waals surface area contributed by atoms with Crippen molar-refractivity contribution in [3.63, 3.8) is 0 Å². The van der Waals surface area contributed by atoms with Crippen LogP contribution in [-0.2, 0) is 13.0 Å². The number of pyridine rings is 1. The summed E-state index contributed by atoms with van der Waals surface area (Å²) in [5.41, 5.74) is 2.06. The molecule has 0 bridgehead atoms. The molecule has 0 saturated heterocycles. The molecule has 0 spiro atoms. The number of nitrogens with zero attached hydrogens (tertiary/aromatic N) is 1. The molecule has 1 heterocycles. The van der Waals surface area contributed by atoms with Crippen molar-refractivity contribution in [2.75, 3.05) is 20.2 Å². The lowest BCUT2D eigenvalue weighted by atomic mass is 10.1. The standard InChI is InChI=1S/C22H23FN2O2/c1-3-6-16-7-4-5-8-21(16)27-12-11-25(2)15-18-13-17-9-10-19(23)14-20(17)24-22(18)26/h3-5,7-10,13-14H,1,6,11-12,15H2,2H3,(H,24,26). The first-order valence-corrected chi connectivity index (χ1v) is 8.88. The molecule has 27 heavy (non-hydrogen) atoms. The minimum atomic E-state index is -0.364. The number of halogens is 1. The third kappa shape index (κ3) is 4.83. The summed E-state index contributed by atoms with van der Waals surface area (Å²) in [6.45, 7) is 5.44. The number of rotatable bonds is 8. The van der Waals surface area contributed by atoms with E-state index < -0.39 is 0 Å². The molecule has 5 heteroatoms. The van der Waals surface area contributed by atoms with Gasteiger partial charge >= 0.3 is 0 Å². The SMILES string of the molecule is C=CCc1ccccc1OCCN(C)Cc1cc2ccc(F)cc2[nH]c1=O. The average molecular weight is 366 g/mol. The zero-order chi connectivity index (χ0) is 19.2. The van der Waals surface area contributed by atoms with Crippen LogP contribution in [0.1, 0.15) is 11.1 Å². The van der Waals surface area contributed by atoms with E-state index in [1.807, 2.05) is 48.4 Å². The minimum absolute atomic E-state index is 0.197. The summed E-state index contributed by atoms with van der Waals surface area (Å²) in [6, 6.07) is 14.1. The first kappa shape index (κ1) is 18.9. The van der Waals surface area contributed by atoms with Gasteiger partial charge in [0.25, 0.3) is 5.56 Å². The summed E-state index contributed by atoms with van der Waals surface area (Å²) in [4.78, 5) is 17.0. The van der Waals surface area contributed by atoms with Crippen LogP contribution in [0.15, 0.2) is 66.0 Å². The van der Waals surface area contributed by atoms with Crippen molar-refractivity contribution in [2.24, 2.45) is 0 Å². The predicted octanol–water partition coefficient (Wildman–Crippen LogP) is 3.91.